The largest absolute Gasteiger partial charge is 1.00 e. The second-order valence-corrected chi connectivity index (χ2v) is 8.06. The number of aromatic hydroxyl groups is 1. The van der Waals surface area contributed by atoms with Crippen molar-refractivity contribution in [2.75, 3.05) is 11.0 Å². The molecule has 0 heterocycles. The Balaban J connectivity index is -0.000000124. The monoisotopic (exact) mass is 826 g/mol. The van der Waals surface area contributed by atoms with Crippen LogP contribution in [0, 0.1) is 11.8 Å². The number of benzene rings is 2. The van der Waals surface area contributed by atoms with E-state index in [1.807, 2.05) is 12.1 Å². The van der Waals surface area contributed by atoms with Crippen LogP contribution in [0.1, 0.15) is 56.3 Å². The minimum atomic E-state index is -0.181. The maximum Gasteiger partial charge on any atom is 1.00 e. The molecule has 0 aliphatic rings. The number of carbonyl (C=O) groups is 3. The second kappa shape index (κ2) is 30.9. The summed E-state index contributed by atoms with van der Waals surface area (Å²) in [5, 5.41) is 17.2. The standard InChI is InChI=1S/C12H16O2.C7H6O2.C4H9I.CH2O3.2Cs.H/c1-10(2)6-7-14-12-5-3-4-11(8-12)9-13;8-5-6-2-1-3-7(9)4-6;1-4(2)3-5;2-1-4-3;;;/h3-5,8-10H,6-7H2,1-2H3;1-5,9H;4H,3H2,1-2H3;1,3H;;;/q;;;;2*+1;-1/p-1. The van der Waals surface area contributed by atoms with Crippen molar-refractivity contribution in [1.29, 1.82) is 0 Å². The average Bonchev–Trinajstić information content (AvgIpc) is 2.80. The summed E-state index contributed by atoms with van der Waals surface area (Å²) in [5.74, 6) is 2.41. The minimum Gasteiger partial charge on any atom is -1.00 e. The van der Waals surface area contributed by atoms with Gasteiger partial charge >= 0.3 is 138 Å². The van der Waals surface area contributed by atoms with Crippen LogP contribution in [-0.4, -0.2) is 35.2 Å². The van der Waals surface area contributed by atoms with Crippen molar-refractivity contribution in [3.8, 4) is 11.5 Å². The zero-order valence-electron chi connectivity index (χ0n) is 21.9. The van der Waals surface area contributed by atoms with Crippen LogP contribution < -0.4 is 148 Å². The van der Waals surface area contributed by atoms with Crippen molar-refractivity contribution in [1.82, 2.24) is 0 Å². The van der Waals surface area contributed by atoms with Gasteiger partial charge in [-0.2, -0.15) is 0 Å². The maximum atomic E-state index is 10.5. The normalized spacial score (nSPS) is 8.59. The average molecular weight is 826 g/mol. The summed E-state index contributed by atoms with van der Waals surface area (Å²) < 4.78 is 6.78. The quantitative estimate of drug-likeness (QED) is 0.117. The second-order valence-electron chi connectivity index (χ2n) is 7.17. The summed E-state index contributed by atoms with van der Waals surface area (Å²) in [7, 11) is 0. The van der Waals surface area contributed by atoms with Crippen LogP contribution in [0.3, 0.4) is 0 Å². The molecule has 0 aromatic heterocycles. The molecule has 1 N–H and O–H groups in total. The Bertz CT molecular complexity index is 766. The van der Waals surface area contributed by atoms with E-state index < -0.39 is 0 Å². The van der Waals surface area contributed by atoms with E-state index in [-0.39, 0.29) is 151 Å². The van der Waals surface area contributed by atoms with Gasteiger partial charge in [0, 0.05) is 15.6 Å². The molecule has 0 aliphatic heterocycles. The molecule has 10 heteroatoms. The number of aldehydes is 2. The number of ether oxygens (including phenoxy) is 1. The SMILES string of the molecule is CC(C)CCOc1cccc(C=O)c1.CC(C)CI.O=CO[O-].O=Cc1cccc(O)c1.[Cs+].[Cs+].[H-]. The minimum absolute atomic E-state index is 0. The van der Waals surface area contributed by atoms with Gasteiger partial charge in [0.1, 0.15) is 24.1 Å². The van der Waals surface area contributed by atoms with Crippen molar-refractivity contribution in [2.45, 2.75) is 34.1 Å². The molecule has 0 aliphatic carbocycles. The fraction of sp³-hybridized carbons (Fsp3) is 0.375. The smallest absolute Gasteiger partial charge is 1.00 e. The first-order valence-corrected chi connectivity index (χ1v) is 11.5. The predicted molar refractivity (Wildman–Crippen MR) is 132 cm³/mol. The summed E-state index contributed by atoms with van der Waals surface area (Å²) in [5.41, 5.74) is 1.15. The Labute approximate surface area is 335 Å². The number of carbonyl (C=O) groups excluding carboxylic acids is 3. The molecule has 34 heavy (non-hydrogen) atoms. The Morgan fingerprint density at radius 1 is 0.941 bits per heavy atom. The van der Waals surface area contributed by atoms with Crippen molar-refractivity contribution >= 4 is 41.6 Å². The molecule has 0 saturated carbocycles. The molecule has 0 atom stereocenters. The zero-order valence-corrected chi connectivity index (χ0v) is 35.6. The Morgan fingerprint density at radius 2 is 1.41 bits per heavy atom. The fourth-order valence-corrected chi connectivity index (χ4v) is 1.69. The Kier molecular flexibility index (Phi) is 38.8. The third-order valence-corrected chi connectivity index (χ3v) is 5.07. The van der Waals surface area contributed by atoms with E-state index in [1.165, 1.54) is 16.6 Å². The van der Waals surface area contributed by atoms with E-state index in [1.54, 1.807) is 24.3 Å². The molecule has 0 saturated heterocycles. The van der Waals surface area contributed by atoms with Gasteiger partial charge in [0.15, 0.2) is 0 Å². The van der Waals surface area contributed by atoms with Crippen LogP contribution in [0.15, 0.2) is 48.5 Å². The van der Waals surface area contributed by atoms with Crippen LogP contribution in [-0.2, 0) is 9.68 Å². The Hall–Kier alpha value is 1.64. The van der Waals surface area contributed by atoms with Gasteiger partial charge in [-0.25, -0.2) is 0 Å². The third-order valence-electron chi connectivity index (χ3n) is 3.31. The van der Waals surface area contributed by atoms with Gasteiger partial charge in [0.25, 0.3) is 6.47 Å². The molecule has 0 bridgehead atoms. The molecule has 2 rings (SSSR count). The van der Waals surface area contributed by atoms with Gasteiger partial charge < -0.3 is 21.4 Å². The van der Waals surface area contributed by atoms with Crippen LogP contribution in [0.2, 0.25) is 0 Å². The third kappa shape index (κ3) is 29.9. The number of rotatable bonds is 8. The van der Waals surface area contributed by atoms with E-state index in [4.69, 9.17) is 19.9 Å². The van der Waals surface area contributed by atoms with Gasteiger partial charge in [-0.1, -0.05) is 74.6 Å². The molecule has 180 valence electrons. The summed E-state index contributed by atoms with van der Waals surface area (Å²) in [6, 6.07) is 13.4. The molecule has 0 fully saturated rings. The first kappa shape index (κ1) is 42.7. The van der Waals surface area contributed by atoms with E-state index in [2.05, 4.69) is 55.2 Å². The van der Waals surface area contributed by atoms with E-state index in [9.17, 15) is 9.59 Å². The van der Waals surface area contributed by atoms with Crippen molar-refractivity contribution in [3.63, 3.8) is 0 Å². The fourth-order valence-electron chi connectivity index (χ4n) is 1.69. The molecule has 0 spiro atoms. The zero-order chi connectivity index (χ0) is 24.8. The molecule has 2 aromatic rings. The van der Waals surface area contributed by atoms with Gasteiger partial charge in [-0.05, 0) is 42.5 Å². The van der Waals surface area contributed by atoms with Gasteiger partial charge in [0.05, 0.1) is 6.61 Å². The predicted octanol–water partition coefficient (Wildman–Crippen LogP) is -1.24. The summed E-state index contributed by atoms with van der Waals surface area (Å²) >= 11 is 2.38. The number of alkyl halides is 1. The molecule has 7 nitrogen and oxygen atoms in total. The number of phenols is 1. The summed E-state index contributed by atoms with van der Waals surface area (Å²) in [6.07, 6.45) is 2.56. The van der Waals surface area contributed by atoms with Gasteiger partial charge in [-0.15, -0.1) is 0 Å². The van der Waals surface area contributed by atoms with Crippen LogP contribution >= 0.6 is 22.6 Å². The number of phenolic OH excluding ortho intramolecular Hbond substituents is 1. The molecular weight excluding hydrogens is 793 g/mol. The number of hydrogen-bond acceptors (Lipinski definition) is 7. The van der Waals surface area contributed by atoms with Crippen molar-refractivity contribution < 1.29 is 174 Å². The summed E-state index contributed by atoms with van der Waals surface area (Å²) in [6.45, 7) is 9.27. The van der Waals surface area contributed by atoms with Crippen molar-refractivity contribution in [3.05, 3.63) is 59.7 Å². The van der Waals surface area contributed by atoms with Crippen LogP contribution in [0.4, 0.5) is 0 Å². The van der Waals surface area contributed by atoms with E-state index >= 15 is 0 Å². The molecule has 0 unspecified atom stereocenters. The first-order valence-electron chi connectivity index (χ1n) is 9.94. The molecular formula is C24H33Cs2IO7. The summed E-state index contributed by atoms with van der Waals surface area (Å²) in [4.78, 5) is 31.8. The van der Waals surface area contributed by atoms with Crippen LogP contribution in [0.25, 0.3) is 0 Å². The van der Waals surface area contributed by atoms with E-state index in [0.29, 0.717) is 29.9 Å². The number of hydrogen-bond donors (Lipinski definition) is 1. The van der Waals surface area contributed by atoms with Gasteiger partial charge in [0.2, 0.25) is 0 Å². The van der Waals surface area contributed by atoms with Crippen LogP contribution in [0.5, 0.6) is 11.5 Å². The molecule has 0 radical (unpaired) electrons. The topological polar surface area (TPSA) is 113 Å². The maximum absolute atomic E-state index is 10.5. The Morgan fingerprint density at radius 3 is 1.76 bits per heavy atom. The van der Waals surface area contributed by atoms with E-state index in [0.717, 1.165) is 24.4 Å². The number of halogens is 1. The van der Waals surface area contributed by atoms with Gasteiger partial charge in [-0.3, -0.25) is 14.4 Å². The molecule has 2 aromatic carbocycles. The van der Waals surface area contributed by atoms with Crippen molar-refractivity contribution in [2.24, 2.45) is 11.8 Å². The first-order chi connectivity index (χ1) is 15.2. The molecule has 0 amide bonds.